The van der Waals surface area contributed by atoms with E-state index in [0.717, 1.165) is 11.0 Å². The van der Waals surface area contributed by atoms with Gasteiger partial charge in [0.15, 0.2) is 0 Å². The second kappa shape index (κ2) is 6.88. The highest BCUT2D eigenvalue weighted by Crippen LogP contribution is 2.18. The maximum Gasteiger partial charge on any atom is 0.326 e. The highest BCUT2D eigenvalue weighted by atomic mass is 79.9. The molecule has 2 aromatic carbocycles. The summed E-state index contributed by atoms with van der Waals surface area (Å²) in [4.78, 5) is 26.5. The van der Waals surface area contributed by atoms with Gasteiger partial charge in [-0.1, -0.05) is 28.1 Å². The number of hydrogen-bond donors (Lipinski definition) is 3. The molecule has 1 aromatic heterocycles. The van der Waals surface area contributed by atoms with Gasteiger partial charge >= 0.3 is 11.7 Å². The van der Waals surface area contributed by atoms with Crippen molar-refractivity contribution in [3.05, 3.63) is 63.2 Å². The zero-order chi connectivity index (χ0) is 17.1. The number of carbonyl (C=O) groups is 1. The van der Waals surface area contributed by atoms with E-state index < -0.39 is 11.8 Å². The van der Waals surface area contributed by atoms with Gasteiger partial charge in [-0.3, -0.25) is 4.57 Å². The van der Waals surface area contributed by atoms with E-state index in [0.29, 0.717) is 16.7 Å². The van der Waals surface area contributed by atoms with Crippen molar-refractivity contribution in [3.63, 3.8) is 0 Å². The number of imidazole rings is 1. The van der Waals surface area contributed by atoms with E-state index in [-0.39, 0.29) is 12.2 Å². The fraction of sp³-hybridized carbons (Fsp3) is 0.125. The van der Waals surface area contributed by atoms with Gasteiger partial charge in [-0.2, -0.15) is 0 Å². The molecular formula is C16H14BrFN4O2. The Morgan fingerprint density at radius 2 is 2.04 bits per heavy atom. The first kappa shape index (κ1) is 16.3. The summed E-state index contributed by atoms with van der Waals surface area (Å²) in [5.74, 6) is -0.454. The molecule has 3 rings (SSSR count). The van der Waals surface area contributed by atoms with Crippen LogP contribution >= 0.6 is 15.9 Å². The number of carbonyl (C=O) groups excluding carboxylic acids is 1. The van der Waals surface area contributed by atoms with Gasteiger partial charge in [0.2, 0.25) is 0 Å². The number of nitrogens with one attached hydrogen (secondary N) is 3. The van der Waals surface area contributed by atoms with E-state index in [1.165, 1.54) is 12.1 Å². The average molecular weight is 393 g/mol. The summed E-state index contributed by atoms with van der Waals surface area (Å²) in [6.45, 7) is 0.577. The quantitative estimate of drug-likeness (QED) is 0.637. The van der Waals surface area contributed by atoms with Gasteiger partial charge in [0, 0.05) is 23.2 Å². The number of rotatable bonds is 4. The first-order chi connectivity index (χ1) is 11.5. The molecule has 0 fully saturated rings. The molecule has 0 atom stereocenters. The summed E-state index contributed by atoms with van der Waals surface area (Å²) in [7, 11) is 0. The number of anilines is 1. The number of amides is 2. The Morgan fingerprint density at radius 3 is 2.83 bits per heavy atom. The number of fused-ring (bicyclic) bond motifs is 1. The smallest absolute Gasteiger partial charge is 0.326 e. The molecule has 0 saturated heterocycles. The molecule has 0 radical (unpaired) electrons. The second-order valence-electron chi connectivity index (χ2n) is 5.14. The Hall–Kier alpha value is -2.61. The van der Waals surface area contributed by atoms with Gasteiger partial charge in [-0.25, -0.2) is 14.0 Å². The number of nitrogens with zero attached hydrogens (tertiary/aromatic N) is 1. The highest BCUT2D eigenvalue weighted by molar-refractivity contribution is 9.10. The van der Waals surface area contributed by atoms with Crippen molar-refractivity contribution in [2.45, 2.75) is 6.54 Å². The van der Waals surface area contributed by atoms with E-state index in [9.17, 15) is 14.0 Å². The molecule has 3 aromatic rings. The fourth-order valence-corrected chi connectivity index (χ4v) is 2.88. The van der Waals surface area contributed by atoms with E-state index in [1.807, 2.05) is 24.3 Å². The number of benzene rings is 2. The number of halogens is 2. The maximum absolute atomic E-state index is 13.3. The molecule has 0 bridgehead atoms. The fourth-order valence-electron chi connectivity index (χ4n) is 2.41. The van der Waals surface area contributed by atoms with Gasteiger partial charge in [-0.05, 0) is 30.3 Å². The molecule has 0 saturated carbocycles. The first-order valence-electron chi connectivity index (χ1n) is 7.21. The van der Waals surface area contributed by atoms with E-state index in [4.69, 9.17) is 0 Å². The average Bonchev–Trinajstić information content (AvgIpc) is 2.82. The van der Waals surface area contributed by atoms with Crippen molar-refractivity contribution >= 4 is 38.7 Å². The molecule has 8 heteroatoms. The van der Waals surface area contributed by atoms with Crippen molar-refractivity contribution in [1.82, 2.24) is 14.9 Å². The first-order valence-corrected chi connectivity index (χ1v) is 8.01. The van der Waals surface area contributed by atoms with Crippen molar-refractivity contribution < 1.29 is 9.18 Å². The molecule has 2 amide bonds. The van der Waals surface area contributed by atoms with Crippen LogP contribution in [0.2, 0.25) is 0 Å². The Labute approximate surface area is 144 Å². The molecular weight excluding hydrogens is 379 g/mol. The largest absolute Gasteiger partial charge is 0.336 e. The summed E-state index contributed by atoms with van der Waals surface area (Å²) >= 11 is 3.16. The Balaban J connectivity index is 1.60. The number of para-hydroxylation sites is 2. The number of aromatic nitrogens is 2. The van der Waals surface area contributed by atoms with Gasteiger partial charge in [0.1, 0.15) is 5.82 Å². The molecule has 0 aliphatic carbocycles. The zero-order valence-corrected chi connectivity index (χ0v) is 14.1. The van der Waals surface area contributed by atoms with Crippen LogP contribution in [0.3, 0.4) is 0 Å². The summed E-state index contributed by atoms with van der Waals surface area (Å²) in [6.07, 6.45) is 0. The molecule has 0 aliphatic rings. The molecule has 124 valence electrons. The molecule has 0 aliphatic heterocycles. The number of urea groups is 1. The molecule has 24 heavy (non-hydrogen) atoms. The van der Waals surface area contributed by atoms with Crippen LogP contribution in [0.15, 0.2) is 51.7 Å². The Morgan fingerprint density at radius 1 is 1.25 bits per heavy atom. The molecule has 3 N–H and O–H groups in total. The van der Waals surface area contributed by atoms with Crippen LogP contribution in [-0.4, -0.2) is 22.1 Å². The SMILES string of the molecule is O=C(NCCn1c(=O)[nH]c2ccccc21)Nc1cc(F)cc(Br)c1. The zero-order valence-electron chi connectivity index (χ0n) is 12.5. The summed E-state index contributed by atoms with van der Waals surface area (Å²) in [5.41, 5.74) is 1.63. The van der Waals surface area contributed by atoms with Crippen LogP contribution in [-0.2, 0) is 6.54 Å². The monoisotopic (exact) mass is 392 g/mol. The molecule has 1 heterocycles. The number of aromatic amines is 1. The summed E-state index contributed by atoms with van der Waals surface area (Å²) in [5, 5.41) is 5.18. The van der Waals surface area contributed by atoms with Crippen LogP contribution in [0.25, 0.3) is 11.0 Å². The highest BCUT2D eigenvalue weighted by Gasteiger charge is 2.07. The Bertz CT molecular complexity index is 930. The van der Waals surface area contributed by atoms with E-state index in [2.05, 4.69) is 31.5 Å². The topological polar surface area (TPSA) is 78.9 Å². The van der Waals surface area contributed by atoms with Crippen molar-refractivity contribution in [1.29, 1.82) is 0 Å². The van der Waals surface area contributed by atoms with Crippen LogP contribution in [0, 0.1) is 5.82 Å². The van der Waals surface area contributed by atoms with Crippen LogP contribution in [0.4, 0.5) is 14.9 Å². The predicted octanol–water partition coefficient (Wildman–Crippen LogP) is 3.05. The third kappa shape index (κ3) is 3.65. The van der Waals surface area contributed by atoms with E-state index in [1.54, 1.807) is 10.6 Å². The van der Waals surface area contributed by atoms with Gasteiger partial charge in [0.05, 0.1) is 11.0 Å². The number of hydrogen-bond acceptors (Lipinski definition) is 2. The lowest BCUT2D eigenvalue weighted by Gasteiger charge is -2.09. The van der Waals surface area contributed by atoms with Crippen LogP contribution in [0.1, 0.15) is 0 Å². The predicted molar refractivity (Wildman–Crippen MR) is 93.7 cm³/mol. The van der Waals surface area contributed by atoms with Crippen molar-refractivity contribution in [3.8, 4) is 0 Å². The standard InChI is InChI=1S/C16H14BrFN4O2/c17-10-7-11(18)9-12(8-10)20-15(23)19-5-6-22-14-4-2-1-3-13(14)21-16(22)24/h1-4,7-9H,5-6H2,(H,21,24)(H2,19,20,23). The lowest BCUT2D eigenvalue weighted by molar-refractivity contribution is 0.251. The van der Waals surface area contributed by atoms with Gasteiger partial charge < -0.3 is 15.6 Å². The molecule has 0 unspecified atom stereocenters. The van der Waals surface area contributed by atoms with Crippen molar-refractivity contribution in [2.24, 2.45) is 0 Å². The third-order valence-corrected chi connectivity index (χ3v) is 3.88. The minimum absolute atomic E-state index is 0.229. The molecule has 0 spiro atoms. The van der Waals surface area contributed by atoms with Gasteiger partial charge in [-0.15, -0.1) is 0 Å². The Kier molecular flexibility index (Phi) is 4.66. The lowest BCUT2D eigenvalue weighted by Crippen LogP contribution is -2.33. The minimum Gasteiger partial charge on any atom is -0.336 e. The second-order valence-corrected chi connectivity index (χ2v) is 6.05. The van der Waals surface area contributed by atoms with E-state index >= 15 is 0 Å². The van der Waals surface area contributed by atoms with Crippen LogP contribution < -0.4 is 16.3 Å². The summed E-state index contributed by atoms with van der Waals surface area (Å²) < 4.78 is 15.3. The van der Waals surface area contributed by atoms with Crippen molar-refractivity contribution in [2.75, 3.05) is 11.9 Å². The maximum atomic E-state index is 13.3. The lowest BCUT2D eigenvalue weighted by atomic mass is 10.3. The summed E-state index contributed by atoms with van der Waals surface area (Å²) in [6, 6.07) is 11.0. The van der Waals surface area contributed by atoms with Gasteiger partial charge in [0.25, 0.3) is 0 Å². The van der Waals surface area contributed by atoms with Crippen LogP contribution in [0.5, 0.6) is 0 Å². The third-order valence-electron chi connectivity index (χ3n) is 3.42. The molecule has 6 nitrogen and oxygen atoms in total. The minimum atomic E-state index is -0.472. The normalized spacial score (nSPS) is 10.8. The number of H-pyrrole nitrogens is 1.